The smallest absolute Gasteiger partial charge is 0.258 e. The summed E-state index contributed by atoms with van der Waals surface area (Å²) >= 11 is 0. The van der Waals surface area contributed by atoms with E-state index in [4.69, 9.17) is 0 Å². The van der Waals surface area contributed by atoms with Crippen LogP contribution < -0.4 is 4.90 Å². The summed E-state index contributed by atoms with van der Waals surface area (Å²) < 4.78 is 13.4. The topological polar surface area (TPSA) is 40.5 Å². The fourth-order valence-electron chi connectivity index (χ4n) is 2.94. The van der Waals surface area contributed by atoms with Gasteiger partial charge in [-0.15, -0.1) is 0 Å². The fraction of sp³-hybridized carbons (Fsp3) is 0.316. The van der Waals surface area contributed by atoms with Gasteiger partial charge < -0.3 is 10.0 Å². The van der Waals surface area contributed by atoms with Gasteiger partial charge in [-0.1, -0.05) is 26.0 Å². The molecular weight excluding hydrogens is 293 g/mol. The van der Waals surface area contributed by atoms with E-state index in [1.54, 1.807) is 11.0 Å². The van der Waals surface area contributed by atoms with Crippen molar-refractivity contribution in [1.29, 1.82) is 0 Å². The van der Waals surface area contributed by atoms with Crippen molar-refractivity contribution in [2.45, 2.75) is 32.3 Å². The van der Waals surface area contributed by atoms with Crippen molar-refractivity contribution < 1.29 is 14.3 Å². The van der Waals surface area contributed by atoms with Crippen LogP contribution in [-0.4, -0.2) is 17.6 Å². The first-order chi connectivity index (χ1) is 11.0. The van der Waals surface area contributed by atoms with Gasteiger partial charge in [0.2, 0.25) is 0 Å². The average Bonchev–Trinajstić information content (AvgIpc) is 2.55. The lowest BCUT2D eigenvalue weighted by atomic mass is 9.97. The standard InChI is InChI=1S/C19H20FNO2/c1-12(2)13-3-5-14(6-4-13)19(23)21-10-9-18(22)16-11-15(20)7-8-17(16)21/h3-8,11-12,18,22H,9-10H2,1-2H3. The van der Waals surface area contributed by atoms with E-state index in [0.29, 0.717) is 35.7 Å². The molecule has 1 amide bonds. The molecule has 1 unspecified atom stereocenters. The number of benzene rings is 2. The Morgan fingerprint density at radius 1 is 1.22 bits per heavy atom. The summed E-state index contributed by atoms with van der Waals surface area (Å²) in [5, 5.41) is 10.0. The normalized spacial score (nSPS) is 17.3. The molecule has 0 fully saturated rings. The number of fused-ring (bicyclic) bond motifs is 1. The quantitative estimate of drug-likeness (QED) is 0.909. The van der Waals surface area contributed by atoms with Crippen LogP contribution >= 0.6 is 0 Å². The third kappa shape index (κ3) is 2.99. The highest BCUT2D eigenvalue weighted by Gasteiger charge is 2.28. The first-order valence-electron chi connectivity index (χ1n) is 7.86. The van der Waals surface area contributed by atoms with E-state index in [1.807, 2.05) is 24.3 Å². The second-order valence-electron chi connectivity index (χ2n) is 6.24. The van der Waals surface area contributed by atoms with Gasteiger partial charge in [-0.3, -0.25) is 4.79 Å². The molecule has 0 saturated carbocycles. The highest BCUT2D eigenvalue weighted by molar-refractivity contribution is 6.06. The number of aliphatic hydroxyl groups excluding tert-OH is 1. The number of carbonyl (C=O) groups is 1. The van der Waals surface area contributed by atoms with Crippen molar-refractivity contribution in [3.63, 3.8) is 0 Å². The Labute approximate surface area is 135 Å². The van der Waals surface area contributed by atoms with Crippen molar-refractivity contribution in [3.05, 3.63) is 65.0 Å². The van der Waals surface area contributed by atoms with Gasteiger partial charge in [0.25, 0.3) is 5.91 Å². The molecule has 0 spiro atoms. The zero-order valence-corrected chi connectivity index (χ0v) is 13.3. The molecule has 3 nitrogen and oxygen atoms in total. The van der Waals surface area contributed by atoms with E-state index in [-0.39, 0.29) is 5.91 Å². The van der Waals surface area contributed by atoms with E-state index in [1.165, 1.54) is 17.7 Å². The zero-order valence-electron chi connectivity index (χ0n) is 13.3. The summed E-state index contributed by atoms with van der Waals surface area (Å²) in [6.07, 6.45) is -0.320. The zero-order chi connectivity index (χ0) is 16.6. The van der Waals surface area contributed by atoms with Gasteiger partial charge in [0.05, 0.1) is 6.10 Å². The Balaban J connectivity index is 1.93. The van der Waals surface area contributed by atoms with Crippen LogP contribution in [0.25, 0.3) is 0 Å². The number of amides is 1. The van der Waals surface area contributed by atoms with Crippen LogP contribution in [-0.2, 0) is 0 Å². The van der Waals surface area contributed by atoms with E-state index < -0.39 is 11.9 Å². The monoisotopic (exact) mass is 313 g/mol. The largest absolute Gasteiger partial charge is 0.388 e. The van der Waals surface area contributed by atoms with Crippen molar-refractivity contribution in [2.75, 3.05) is 11.4 Å². The molecule has 23 heavy (non-hydrogen) atoms. The molecule has 0 aliphatic carbocycles. The molecule has 3 rings (SSSR count). The highest BCUT2D eigenvalue weighted by atomic mass is 19.1. The number of halogens is 1. The predicted molar refractivity (Wildman–Crippen MR) is 88.2 cm³/mol. The maximum atomic E-state index is 13.4. The molecule has 1 atom stereocenters. The number of aliphatic hydroxyl groups is 1. The van der Waals surface area contributed by atoms with E-state index in [0.717, 1.165) is 0 Å². The number of nitrogens with zero attached hydrogens (tertiary/aromatic N) is 1. The first kappa shape index (κ1) is 15.7. The van der Waals surface area contributed by atoms with Crippen LogP contribution in [0.1, 0.15) is 53.8 Å². The number of rotatable bonds is 2. The molecule has 0 saturated heterocycles. The molecule has 1 aliphatic heterocycles. The van der Waals surface area contributed by atoms with E-state index in [9.17, 15) is 14.3 Å². The predicted octanol–water partition coefficient (Wildman–Crippen LogP) is 4.03. The second kappa shape index (κ2) is 6.13. The molecule has 4 heteroatoms. The molecule has 0 radical (unpaired) electrons. The van der Waals surface area contributed by atoms with Gasteiger partial charge in [-0.25, -0.2) is 4.39 Å². The maximum Gasteiger partial charge on any atom is 0.258 e. The molecule has 120 valence electrons. The van der Waals surface area contributed by atoms with Crippen LogP contribution in [0, 0.1) is 5.82 Å². The summed E-state index contributed by atoms with van der Waals surface area (Å²) in [4.78, 5) is 14.4. The molecule has 0 bridgehead atoms. The van der Waals surface area contributed by atoms with Crippen LogP contribution in [0.2, 0.25) is 0 Å². The molecular formula is C19H20FNO2. The van der Waals surface area contributed by atoms with Gasteiger partial charge in [-0.05, 0) is 48.2 Å². The van der Waals surface area contributed by atoms with Crippen molar-refractivity contribution in [1.82, 2.24) is 0 Å². The fourth-order valence-corrected chi connectivity index (χ4v) is 2.94. The van der Waals surface area contributed by atoms with Crippen LogP contribution in [0.4, 0.5) is 10.1 Å². The molecule has 1 heterocycles. The lowest BCUT2D eigenvalue weighted by Gasteiger charge is -2.32. The number of hydrogen-bond acceptors (Lipinski definition) is 2. The number of hydrogen-bond donors (Lipinski definition) is 1. The number of carbonyl (C=O) groups excluding carboxylic acids is 1. The highest BCUT2D eigenvalue weighted by Crippen LogP contribution is 2.35. The Hall–Kier alpha value is -2.20. The Morgan fingerprint density at radius 3 is 2.57 bits per heavy atom. The van der Waals surface area contributed by atoms with E-state index >= 15 is 0 Å². The van der Waals surface area contributed by atoms with E-state index in [2.05, 4.69) is 13.8 Å². The Morgan fingerprint density at radius 2 is 1.91 bits per heavy atom. The lowest BCUT2D eigenvalue weighted by Crippen LogP contribution is -2.36. The minimum atomic E-state index is -0.729. The summed E-state index contributed by atoms with van der Waals surface area (Å²) in [6, 6.07) is 11.8. The number of anilines is 1. The first-order valence-corrected chi connectivity index (χ1v) is 7.86. The minimum Gasteiger partial charge on any atom is -0.388 e. The van der Waals surface area contributed by atoms with Crippen LogP contribution in [0.3, 0.4) is 0 Å². The van der Waals surface area contributed by atoms with Crippen molar-refractivity contribution in [2.24, 2.45) is 0 Å². The minimum absolute atomic E-state index is 0.125. The third-order valence-corrected chi connectivity index (χ3v) is 4.33. The summed E-state index contributed by atoms with van der Waals surface area (Å²) in [5.41, 5.74) is 2.84. The molecule has 1 N–H and O–H groups in total. The molecule has 1 aliphatic rings. The third-order valence-electron chi connectivity index (χ3n) is 4.33. The molecule has 2 aromatic rings. The summed E-state index contributed by atoms with van der Waals surface area (Å²) in [5.74, 6) is -0.119. The van der Waals surface area contributed by atoms with Crippen LogP contribution in [0.5, 0.6) is 0 Å². The van der Waals surface area contributed by atoms with Crippen molar-refractivity contribution >= 4 is 11.6 Å². The van der Waals surface area contributed by atoms with Crippen molar-refractivity contribution in [3.8, 4) is 0 Å². The maximum absolute atomic E-state index is 13.4. The summed E-state index contributed by atoms with van der Waals surface area (Å²) in [6.45, 7) is 4.63. The molecule has 2 aromatic carbocycles. The lowest BCUT2D eigenvalue weighted by molar-refractivity contribution is 0.0970. The second-order valence-corrected chi connectivity index (χ2v) is 6.24. The van der Waals surface area contributed by atoms with Gasteiger partial charge >= 0.3 is 0 Å². The molecule has 0 aromatic heterocycles. The van der Waals surface area contributed by atoms with Crippen LogP contribution in [0.15, 0.2) is 42.5 Å². The average molecular weight is 313 g/mol. The van der Waals surface area contributed by atoms with Gasteiger partial charge in [0.1, 0.15) is 5.82 Å². The Kier molecular flexibility index (Phi) is 4.18. The van der Waals surface area contributed by atoms with Gasteiger partial charge in [0.15, 0.2) is 0 Å². The summed E-state index contributed by atoms with van der Waals surface area (Å²) in [7, 11) is 0. The Bertz CT molecular complexity index is 725. The van der Waals surface area contributed by atoms with Gasteiger partial charge in [0, 0.05) is 23.4 Å². The van der Waals surface area contributed by atoms with Gasteiger partial charge in [-0.2, -0.15) is 0 Å². The SMILES string of the molecule is CC(C)c1ccc(C(=O)N2CCC(O)c3cc(F)ccc32)cc1.